The first-order chi connectivity index (χ1) is 15.4. The molecular weight excluding hydrogens is 416 g/mol. The topological polar surface area (TPSA) is 31.7 Å². The number of aliphatic imine (C=N–C) groups is 1. The quantitative estimate of drug-likeness (QED) is 0.473. The van der Waals surface area contributed by atoms with Crippen LogP contribution >= 0.6 is 11.6 Å². The standard InChI is InChI=1S/C27H27ClN4/c1-17(2)31-9-11-32(12-10-31)19(4)20-5-7-23-24(28)16-26(30-27(23)15-20)21-6-8-25-22(14-21)13-18(3)29-25/h5-8,14-16H,1,4,9-13H2,2-3H3. The van der Waals surface area contributed by atoms with Crippen molar-refractivity contribution >= 4 is 39.6 Å². The number of nitrogens with zero attached hydrogens (tertiary/aromatic N) is 4. The molecule has 0 amide bonds. The van der Waals surface area contributed by atoms with Crippen LogP contribution in [0.2, 0.25) is 5.02 Å². The predicted molar refractivity (Wildman–Crippen MR) is 136 cm³/mol. The summed E-state index contributed by atoms with van der Waals surface area (Å²) in [5.74, 6) is 0. The number of halogens is 1. The van der Waals surface area contributed by atoms with E-state index in [1.54, 1.807) is 0 Å². The van der Waals surface area contributed by atoms with E-state index in [-0.39, 0.29) is 0 Å². The lowest BCUT2D eigenvalue weighted by atomic mass is 10.0. The predicted octanol–water partition coefficient (Wildman–Crippen LogP) is 6.33. The fourth-order valence-electron chi connectivity index (χ4n) is 4.57. The van der Waals surface area contributed by atoms with Gasteiger partial charge in [0.2, 0.25) is 0 Å². The lowest BCUT2D eigenvalue weighted by Gasteiger charge is -2.38. The van der Waals surface area contributed by atoms with Gasteiger partial charge < -0.3 is 9.80 Å². The van der Waals surface area contributed by atoms with E-state index in [1.165, 1.54) is 5.56 Å². The van der Waals surface area contributed by atoms with Gasteiger partial charge in [-0.15, -0.1) is 0 Å². The molecule has 3 heterocycles. The highest BCUT2D eigenvalue weighted by atomic mass is 35.5. The van der Waals surface area contributed by atoms with Crippen LogP contribution in [0, 0.1) is 0 Å². The zero-order valence-corrected chi connectivity index (χ0v) is 19.4. The van der Waals surface area contributed by atoms with E-state index < -0.39 is 0 Å². The Morgan fingerprint density at radius 3 is 2.47 bits per heavy atom. The fourth-order valence-corrected chi connectivity index (χ4v) is 4.83. The maximum Gasteiger partial charge on any atom is 0.0731 e. The van der Waals surface area contributed by atoms with E-state index >= 15 is 0 Å². The Balaban J connectivity index is 1.45. The molecule has 1 fully saturated rings. The molecule has 5 rings (SSSR count). The molecule has 3 aromatic rings. The van der Waals surface area contributed by atoms with E-state index in [0.29, 0.717) is 5.02 Å². The van der Waals surface area contributed by atoms with Crippen molar-refractivity contribution in [3.63, 3.8) is 0 Å². The molecule has 0 N–H and O–H groups in total. The van der Waals surface area contributed by atoms with Crippen molar-refractivity contribution in [1.29, 1.82) is 0 Å². The summed E-state index contributed by atoms with van der Waals surface area (Å²) in [6.45, 7) is 16.4. The maximum absolute atomic E-state index is 6.67. The molecule has 32 heavy (non-hydrogen) atoms. The third-order valence-corrected chi connectivity index (χ3v) is 6.74. The molecule has 1 saturated heterocycles. The van der Waals surface area contributed by atoms with E-state index in [2.05, 4.69) is 78.2 Å². The Morgan fingerprint density at radius 1 is 0.969 bits per heavy atom. The van der Waals surface area contributed by atoms with E-state index in [9.17, 15) is 0 Å². The normalized spacial score (nSPS) is 15.7. The smallest absolute Gasteiger partial charge is 0.0731 e. The van der Waals surface area contributed by atoms with Gasteiger partial charge in [-0.2, -0.15) is 0 Å². The van der Waals surface area contributed by atoms with Crippen molar-refractivity contribution in [1.82, 2.24) is 14.8 Å². The maximum atomic E-state index is 6.67. The molecule has 0 unspecified atom stereocenters. The van der Waals surface area contributed by atoms with Crippen LogP contribution in [0.5, 0.6) is 0 Å². The summed E-state index contributed by atoms with van der Waals surface area (Å²) in [5, 5.41) is 1.67. The van der Waals surface area contributed by atoms with Crippen molar-refractivity contribution in [3.8, 4) is 11.3 Å². The van der Waals surface area contributed by atoms with Crippen molar-refractivity contribution in [2.75, 3.05) is 26.2 Å². The van der Waals surface area contributed by atoms with E-state index in [4.69, 9.17) is 16.6 Å². The van der Waals surface area contributed by atoms with Crippen LogP contribution in [-0.2, 0) is 6.42 Å². The van der Waals surface area contributed by atoms with Crippen LogP contribution in [0.1, 0.15) is 25.0 Å². The van der Waals surface area contributed by atoms with E-state index in [1.807, 2.05) is 6.07 Å². The summed E-state index contributed by atoms with van der Waals surface area (Å²) in [4.78, 5) is 14.2. The molecule has 5 heteroatoms. The first-order valence-electron chi connectivity index (χ1n) is 11.0. The fraction of sp³-hybridized carbons (Fsp3) is 0.259. The molecular formula is C27H27ClN4. The minimum Gasteiger partial charge on any atom is -0.372 e. The van der Waals surface area contributed by atoms with Crippen LogP contribution < -0.4 is 0 Å². The molecule has 2 aliphatic heterocycles. The highest BCUT2D eigenvalue weighted by Crippen LogP contribution is 2.34. The molecule has 1 aromatic heterocycles. The zero-order valence-electron chi connectivity index (χ0n) is 18.7. The van der Waals surface area contributed by atoms with Crippen molar-refractivity contribution < 1.29 is 0 Å². The molecule has 0 radical (unpaired) electrons. The van der Waals surface area contributed by atoms with Crippen LogP contribution in [0.25, 0.3) is 27.9 Å². The Labute approximate surface area is 194 Å². The highest BCUT2D eigenvalue weighted by molar-refractivity contribution is 6.35. The molecule has 2 aliphatic rings. The summed E-state index contributed by atoms with van der Waals surface area (Å²) in [6, 6.07) is 14.6. The summed E-state index contributed by atoms with van der Waals surface area (Å²) >= 11 is 6.67. The number of rotatable bonds is 4. The Morgan fingerprint density at radius 2 is 1.72 bits per heavy atom. The lowest BCUT2D eigenvalue weighted by molar-refractivity contribution is 0.215. The van der Waals surface area contributed by atoms with Crippen molar-refractivity contribution in [2.45, 2.75) is 20.3 Å². The third-order valence-electron chi connectivity index (χ3n) is 6.43. The Kier molecular flexibility index (Phi) is 5.26. The number of fused-ring (bicyclic) bond motifs is 2. The monoisotopic (exact) mass is 442 g/mol. The number of benzene rings is 2. The van der Waals surface area contributed by atoms with Gasteiger partial charge in [0, 0.05) is 60.7 Å². The molecule has 162 valence electrons. The van der Waals surface area contributed by atoms with E-state index in [0.717, 1.165) is 83.1 Å². The van der Waals surface area contributed by atoms with Gasteiger partial charge in [-0.25, -0.2) is 4.98 Å². The number of piperazine rings is 1. The lowest BCUT2D eigenvalue weighted by Crippen LogP contribution is -2.44. The van der Waals surface area contributed by atoms with Crippen molar-refractivity contribution in [2.24, 2.45) is 4.99 Å². The number of pyridine rings is 1. The Bertz CT molecular complexity index is 1280. The molecule has 0 saturated carbocycles. The van der Waals surface area contributed by atoms with Crippen LogP contribution in [0.4, 0.5) is 5.69 Å². The van der Waals surface area contributed by atoms with Crippen LogP contribution in [-0.4, -0.2) is 46.7 Å². The average molecular weight is 443 g/mol. The first kappa shape index (κ1) is 20.8. The Hall–Kier alpha value is -3.11. The summed E-state index contributed by atoms with van der Waals surface area (Å²) < 4.78 is 0. The minimum absolute atomic E-state index is 0.713. The number of allylic oxidation sites excluding steroid dienone is 1. The van der Waals surface area contributed by atoms with Gasteiger partial charge in [0.05, 0.1) is 21.9 Å². The molecule has 2 aromatic carbocycles. The first-order valence-corrected chi connectivity index (χ1v) is 11.4. The number of aromatic nitrogens is 1. The largest absolute Gasteiger partial charge is 0.372 e. The van der Waals surface area contributed by atoms with Gasteiger partial charge in [-0.05, 0) is 49.2 Å². The summed E-state index contributed by atoms with van der Waals surface area (Å²) in [5.41, 5.74) is 9.53. The van der Waals surface area contributed by atoms with Gasteiger partial charge in [-0.1, -0.05) is 43.0 Å². The van der Waals surface area contributed by atoms with Gasteiger partial charge in [0.25, 0.3) is 0 Å². The number of hydrogen-bond donors (Lipinski definition) is 0. The van der Waals surface area contributed by atoms with Crippen molar-refractivity contribution in [3.05, 3.63) is 77.5 Å². The molecule has 0 spiro atoms. The molecule has 4 nitrogen and oxygen atoms in total. The minimum atomic E-state index is 0.713. The third kappa shape index (κ3) is 3.80. The van der Waals surface area contributed by atoms with Gasteiger partial charge >= 0.3 is 0 Å². The molecule has 0 bridgehead atoms. The second-order valence-corrected chi connectivity index (χ2v) is 9.15. The summed E-state index contributed by atoms with van der Waals surface area (Å²) in [6.07, 6.45) is 0.896. The zero-order chi connectivity index (χ0) is 22.4. The second-order valence-electron chi connectivity index (χ2n) is 8.74. The number of hydrogen-bond acceptors (Lipinski definition) is 4. The second kappa shape index (κ2) is 8.10. The van der Waals surface area contributed by atoms with Crippen LogP contribution in [0.15, 0.2) is 66.3 Å². The van der Waals surface area contributed by atoms with Crippen LogP contribution in [0.3, 0.4) is 0 Å². The van der Waals surface area contributed by atoms with Gasteiger partial charge in [0.1, 0.15) is 0 Å². The average Bonchev–Trinajstić information content (AvgIpc) is 3.17. The molecule has 0 aliphatic carbocycles. The molecule has 0 atom stereocenters. The van der Waals surface area contributed by atoms with Gasteiger partial charge in [0.15, 0.2) is 0 Å². The highest BCUT2D eigenvalue weighted by Gasteiger charge is 2.19. The SMILES string of the molecule is C=C(C)N1CCN(C(=C)c2ccc3c(Cl)cc(-c4ccc5c(c4)CC(C)=N5)nc3c2)CC1. The van der Waals surface area contributed by atoms with Gasteiger partial charge in [-0.3, -0.25) is 4.99 Å². The summed E-state index contributed by atoms with van der Waals surface area (Å²) in [7, 11) is 0.